The van der Waals surface area contributed by atoms with Gasteiger partial charge in [0.1, 0.15) is 0 Å². The van der Waals surface area contributed by atoms with Crippen LogP contribution >= 0.6 is 0 Å². The number of carbonyl (C=O) groups is 1. The molecule has 0 fully saturated rings. The maximum absolute atomic E-state index is 12.8. The number of nitrogens with one attached hydrogen (secondary N) is 2. The van der Waals surface area contributed by atoms with Crippen molar-refractivity contribution in [2.45, 2.75) is 13.5 Å². The number of aryl methyl sites for hydroxylation is 1. The van der Waals surface area contributed by atoms with Crippen molar-refractivity contribution >= 4 is 27.7 Å². The summed E-state index contributed by atoms with van der Waals surface area (Å²) in [5, 5.41) is 11.5. The summed E-state index contributed by atoms with van der Waals surface area (Å²) in [6.07, 6.45) is 1.58. The number of carbonyl (C=O) groups excluding carboxylic acids is 1. The van der Waals surface area contributed by atoms with E-state index in [1.165, 1.54) is 0 Å². The Morgan fingerprint density at radius 3 is 2.70 bits per heavy atom. The van der Waals surface area contributed by atoms with E-state index in [0.717, 1.165) is 34.1 Å². The van der Waals surface area contributed by atoms with Gasteiger partial charge in [0.25, 0.3) is 11.5 Å². The number of benzene rings is 2. The summed E-state index contributed by atoms with van der Waals surface area (Å²) in [5.41, 5.74) is 4.03. The number of fused-ring (bicyclic) bond motifs is 3. The van der Waals surface area contributed by atoms with Crippen molar-refractivity contribution in [2.75, 3.05) is 27.2 Å². The summed E-state index contributed by atoms with van der Waals surface area (Å²) in [4.78, 5) is 27.3. The number of nitrogens with zero attached hydrogens (tertiary/aromatic N) is 3. The molecule has 4 aromatic rings. The molecule has 0 aliphatic rings. The van der Waals surface area contributed by atoms with Crippen LogP contribution in [0.1, 0.15) is 17.3 Å². The van der Waals surface area contributed by atoms with Gasteiger partial charge in [0.15, 0.2) is 0 Å². The molecule has 4 rings (SSSR count). The Labute approximate surface area is 174 Å². The minimum absolute atomic E-state index is 0.0556. The van der Waals surface area contributed by atoms with Crippen LogP contribution in [0.15, 0.2) is 53.5 Å². The fraction of sp³-hybridized carbons (Fsp3) is 0.261. The van der Waals surface area contributed by atoms with E-state index in [-0.39, 0.29) is 11.5 Å². The molecule has 0 spiro atoms. The van der Waals surface area contributed by atoms with E-state index < -0.39 is 0 Å². The van der Waals surface area contributed by atoms with Crippen LogP contribution in [0.5, 0.6) is 0 Å². The molecular weight excluding hydrogens is 378 g/mol. The highest BCUT2D eigenvalue weighted by atomic mass is 16.1. The van der Waals surface area contributed by atoms with Crippen LogP contribution in [0.2, 0.25) is 0 Å². The Hall–Kier alpha value is -3.45. The van der Waals surface area contributed by atoms with Gasteiger partial charge in [-0.2, -0.15) is 5.10 Å². The van der Waals surface area contributed by atoms with Crippen LogP contribution in [0.3, 0.4) is 0 Å². The molecule has 1 amide bonds. The molecule has 2 aromatic heterocycles. The summed E-state index contributed by atoms with van der Waals surface area (Å²) in [7, 11) is 3.94. The molecule has 7 nitrogen and oxygen atoms in total. The highest BCUT2D eigenvalue weighted by molar-refractivity contribution is 6.04. The molecule has 30 heavy (non-hydrogen) atoms. The second-order valence-corrected chi connectivity index (χ2v) is 7.58. The molecule has 2 heterocycles. The third-order valence-electron chi connectivity index (χ3n) is 5.29. The standard InChI is InChI=1S/C23H25N5O2/c1-4-28-20-13-16(8-9-18(20)21-19(23(28)30)14-25-26-21)15-6-5-7-17(12-15)22(29)24-10-11-27(2)3/h5-9,12-14H,4,10-11H2,1-3H3,(H,24,29)(H,25,26). The first-order valence-corrected chi connectivity index (χ1v) is 10.0. The second kappa shape index (κ2) is 8.12. The Kier molecular flexibility index (Phi) is 5.37. The molecule has 0 aliphatic heterocycles. The van der Waals surface area contributed by atoms with Crippen LogP contribution in [-0.4, -0.2) is 52.8 Å². The summed E-state index contributed by atoms with van der Waals surface area (Å²) in [6.45, 7) is 3.90. The molecule has 0 atom stereocenters. The summed E-state index contributed by atoms with van der Waals surface area (Å²) < 4.78 is 1.76. The average Bonchev–Trinajstić information content (AvgIpc) is 3.24. The molecule has 0 aliphatic carbocycles. The van der Waals surface area contributed by atoms with Gasteiger partial charge in [0.2, 0.25) is 0 Å². The molecule has 0 radical (unpaired) electrons. The fourth-order valence-electron chi connectivity index (χ4n) is 3.70. The molecule has 7 heteroatoms. The number of hydrogen-bond acceptors (Lipinski definition) is 4. The Bertz CT molecular complexity index is 1290. The van der Waals surface area contributed by atoms with E-state index in [2.05, 4.69) is 15.5 Å². The van der Waals surface area contributed by atoms with Gasteiger partial charge in [-0.15, -0.1) is 0 Å². The number of pyridine rings is 1. The first-order chi connectivity index (χ1) is 14.5. The van der Waals surface area contributed by atoms with E-state index in [9.17, 15) is 9.59 Å². The first-order valence-electron chi connectivity index (χ1n) is 10.0. The van der Waals surface area contributed by atoms with Gasteiger partial charge in [-0.1, -0.05) is 24.3 Å². The fourth-order valence-corrected chi connectivity index (χ4v) is 3.70. The Morgan fingerprint density at radius 1 is 1.13 bits per heavy atom. The van der Waals surface area contributed by atoms with Crippen LogP contribution in [0.4, 0.5) is 0 Å². The lowest BCUT2D eigenvalue weighted by atomic mass is 10.0. The van der Waals surface area contributed by atoms with Gasteiger partial charge < -0.3 is 14.8 Å². The van der Waals surface area contributed by atoms with Gasteiger partial charge in [-0.05, 0) is 50.3 Å². The topological polar surface area (TPSA) is 83.0 Å². The number of amides is 1. The zero-order valence-electron chi connectivity index (χ0n) is 17.4. The van der Waals surface area contributed by atoms with Crippen molar-refractivity contribution < 1.29 is 4.79 Å². The number of likely N-dealkylation sites (N-methyl/N-ethyl adjacent to an activating group) is 1. The summed E-state index contributed by atoms with van der Waals surface area (Å²) in [5.74, 6) is -0.0934. The monoisotopic (exact) mass is 403 g/mol. The molecule has 2 aromatic carbocycles. The predicted molar refractivity (Wildman–Crippen MR) is 120 cm³/mol. The van der Waals surface area contributed by atoms with E-state index in [0.29, 0.717) is 24.0 Å². The lowest BCUT2D eigenvalue weighted by Crippen LogP contribution is -2.31. The van der Waals surface area contributed by atoms with Gasteiger partial charge in [0.05, 0.1) is 22.6 Å². The highest BCUT2D eigenvalue weighted by Gasteiger charge is 2.13. The number of aromatic nitrogens is 3. The molecule has 0 bridgehead atoms. The third-order valence-corrected chi connectivity index (χ3v) is 5.29. The summed E-state index contributed by atoms with van der Waals surface area (Å²) in [6, 6.07) is 13.6. The molecular formula is C23H25N5O2. The molecule has 0 saturated heterocycles. The number of aromatic amines is 1. The Balaban J connectivity index is 1.74. The van der Waals surface area contributed by atoms with Crippen molar-refractivity contribution in [1.29, 1.82) is 0 Å². The van der Waals surface area contributed by atoms with Crippen LogP contribution < -0.4 is 10.9 Å². The van der Waals surface area contributed by atoms with Crippen molar-refractivity contribution in [3.05, 3.63) is 64.6 Å². The largest absolute Gasteiger partial charge is 0.351 e. The van der Waals surface area contributed by atoms with Crippen molar-refractivity contribution in [1.82, 2.24) is 25.0 Å². The van der Waals surface area contributed by atoms with Crippen molar-refractivity contribution in [3.8, 4) is 11.1 Å². The SMILES string of the molecule is CCn1c(=O)c2cn[nH]c2c2ccc(-c3cccc(C(=O)NCCN(C)C)c3)cc21. The molecule has 154 valence electrons. The first kappa shape index (κ1) is 19.8. The third kappa shape index (κ3) is 3.59. The normalized spacial score (nSPS) is 11.5. The lowest BCUT2D eigenvalue weighted by molar-refractivity contribution is 0.0951. The van der Waals surface area contributed by atoms with Gasteiger partial charge >= 0.3 is 0 Å². The number of hydrogen-bond donors (Lipinski definition) is 2. The van der Waals surface area contributed by atoms with E-state index in [1.807, 2.05) is 68.4 Å². The molecule has 2 N–H and O–H groups in total. The van der Waals surface area contributed by atoms with Gasteiger partial charge in [0, 0.05) is 30.6 Å². The van der Waals surface area contributed by atoms with Crippen LogP contribution in [0, 0.1) is 0 Å². The lowest BCUT2D eigenvalue weighted by Gasteiger charge is -2.12. The maximum atomic E-state index is 12.8. The van der Waals surface area contributed by atoms with E-state index >= 15 is 0 Å². The van der Waals surface area contributed by atoms with Gasteiger partial charge in [-0.3, -0.25) is 14.7 Å². The van der Waals surface area contributed by atoms with Crippen LogP contribution in [0.25, 0.3) is 32.9 Å². The minimum atomic E-state index is -0.0934. The van der Waals surface area contributed by atoms with Crippen LogP contribution in [-0.2, 0) is 6.54 Å². The van der Waals surface area contributed by atoms with E-state index in [1.54, 1.807) is 10.8 Å². The smallest absolute Gasteiger partial charge is 0.262 e. The minimum Gasteiger partial charge on any atom is -0.351 e. The zero-order chi connectivity index (χ0) is 21.3. The van der Waals surface area contributed by atoms with E-state index in [4.69, 9.17) is 0 Å². The number of H-pyrrole nitrogens is 1. The highest BCUT2D eigenvalue weighted by Crippen LogP contribution is 2.28. The predicted octanol–water partition coefficient (Wildman–Crippen LogP) is 2.86. The average molecular weight is 403 g/mol. The molecule has 0 unspecified atom stereocenters. The molecule has 0 saturated carbocycles. The Morgan fingerprint density at radius 2 is 1.93 bits per heavy atom. The quantitative estimate of drug-likeness (QED) is 0.519. The van der Waals surface area contributed by atoms with Gasteiger partial charge in [-0.25, -0.2) is 0 Å². The van der Waals surface area contributed by atoms with Crippen molar-refractivity contribution in [3.63, 3.8) is 0 Å². The summed E-state index contributed by atoms with van der Waals surface area (Å²) >= 11 is 0. The maximum Gasteiger partial charge on any atom is 0.262 e. The number of rotatable bonds is 6. The van der Waals surface area contributed by atoms with Crippen molar-refractivity contribution in [2.24, 2.45) is 0 Å². The second-order valence-electron chi connectivity index (χ2n) is 7.58. The zero-order valence-corrected chi connectivity index (χ0v) is 17.4.